The molecule has 0 aliphatic carbocycles. The Hall–Kier alpha value is -1.06. The molecule has 0 aromatic carbocycles. The van der Waals surface area contributed by atoms with Crippen molar-refractivity contribution in [1.82, 2.24) is 10.6 Å². The SMILES string of the molecule is CCC(C)C(=O)NC1CCC(=O)NC1. The summed E-state index contributed by atoms with van der Waals surface area (Å²) in [6.07, 6.45) is 2.13. The first-order valence-electron chi connectivity index (χ1n) is 5.20. The standard InChI is InChI=1S/C10H18N2O2/c1-3-7(2)10(14)12-8-4-5-9(13)11-6-8/h7-8H,3-6H2,1-2H3,(H,11,13)(H,12,14). The molecule has 2 amide bonds. The first-order chi connectivity index (χ1) is 6.63. The Morgan fingerprint density at radius 2 is 2.43 bits per heavy atom. The number of nitrogens with one attached hydrogen (secondary N) is 2. The van der Waals surface area contributed by atoms with Gasteiger partial charge < -0.3 is 10.6 Å². The normalized spacial score (nSPS) is 23.9. The lowest BCUT2D eigenvalue weighted by atomic mass is 10.0. The largest absolute Gasteiger partial charge is 0.354 e. The van der Waals surface area contributed by atoms with Crippen LogP contribution in [0.25, 0.3) is 0 Å². The van der Waals surface area contributed by atoms with Gasteiger partial charge in [-0.05, 0) is 12.8 Å². The van der Waals surface area contributed by atoms with E-state index in [4.69, 9.17) is 0 Å². The van der Waals surface area contributed by atoms with Gasteiger partial charge in [0.15, 0.2) is 0 Å². The van der Waals surface area contributed by atoms with E-state index < -0.39 is 0 Å². The molecule has 2 atom stereocenters. The van der Waals surface area contributed by atoms with E-state index in [0.29, 0.717) is 13.0 Å². The van der Waals surface area contributed by atoms with E-state index in [1.165, 1.54) is 0 Å². The number of rotatable bonds is 3. The second-order valence-corrected chi connectivity index (χ2v) is 3.86. The van der Waals surface area contributed by atoms with Crippen LogP contribution in [0.1, 0.15) is 33.1 Å². The number of hydrogen-bond donors (Lipinski definition) is 2. The van der Waals surface area contributed by atoms with Gasteiger partial charge in [-0.25, -0.2) is 0 Å². The van der Waals surface area contributed by atoms with Gasteiger partial charge in [-0.15, -0.1) is 0 Å². The third-order valence-corrected chi connectivity index (χ3v) is 2.67. The minimum atomic E-state index is 0.0626. The zero-order valence-corrected chi connectivity index (χ0v) is 8.80. The minimum Gasteiger partial charge on any atom is -0.354 e. The topological polar surface area (TPSA) is 58.2 Å². The summed E-state index contributed by atoms with van der Waals surface area (Å²) in [5.74, 6) is 0.236. The first-order valence-corrected chi connectivity index (χ1v) is 5.20. The smallest absolute Gasteiger partial charge is 0.223 e. The summed E-state index contributed by atoms with van der Waals surface area (Å²) in [6, 6.07) is 0.120. The molecule has 1 aliphatic heterocycles. The third kappa shape index (κ3) is 3.01. The van der Waals surface area contributed by atoms with Crippen LogP contribution < -0.4 is 10.6 Å². The molecule has 80 valence electrons. The van der Waals surface area contributed by atoms with Gasteiger partial charge in [0.2, 0.25) is 11.8 Å². The molecule has 0 aromatic rings. The molecule has 0 spiro atoms. The fourth-order valence-corrected chi connectivity index (χ4v) is 1.38. The van der Waals surface area contributed by atoms with Crippen LogP contribution in [0.5, 0.6) is 0 Å². The maximum Gasteiger partial charge on any atom is 0.223 e. The zero-order chi connectivity index (χ0) is 10.6. The van der Waals surface area contributed by atoms with E-state index in [2.05, 4.69) is 10.6 Å². The van der Waals surface area contributed by atoms with Crippen LogP contribution in [0, 0.1) is 5.92 Å². The van der Waals surface area contributed by atoms with Crippen LogP contribution in [0.2, 0.25) is 0 Å². The highest BCUT2D eigenvalue weighted by Gasteiger charge is 2.21. The summed E-state index contributed by atoms with van der Waals surface area (Å²) in [4.78, 5) is 22.4. The summed E-state index contributed by atoms with van der Waals surface area (Å²) >= 11 is 0. The average Bonchev–Trinajstić information content (AvgIpc) is 2.20. The predicted octanol–water partition coefficient (Wildman–Crippen LogP) is 0.427. The van der Waals surface area contributed by atoms with Crippen LogP contribution >= 0.6 is 0 Å². The number of carbonyl (C=O) groups excluding carboxylic acids is 2. The summed E-state index contributed by atoms with van der Waals surface area (Å²) in [6.45, 7) is 4.48. The predicted molar refractivity (Wildman–Crippen MR) is 53.6 cm³/mol. The van der Waals surface area contributed by atoms with Gasteiger partial charge in [0.1, 0.15) is 0 Å². The Morgan fingerprint density at radius 1 is 1.71 bits per heavy atom. The van der Waals surface area contributed by atoms with E-state index in [0.717, 1.165) is 12.8 Å². The van der Waals surface area contributed by atoms with Crippen molar-refractivity contribution in [3.8, 4) is 0 Å². The molecule has 14 heavy (non-hydrogen) atoms. The molecule has 0 aromatic heterocycles. The highest BCUT2D eigenvalue weighted by atomic mass is 16.2. The molecule has 0 saturated carbocycles. The van der Waals surface area contributed by atoms with Crippen LogP contribution in [-0.4, -0.2) is 24.4 Å². The van der Waals surface area contributed by atoms with Gasteiger partial charge in [-0.1, -0.05) is 13.8 Å². The Balaban J connectivity index is 2.30. The van der Waals surface area contributed by atoms with Crippen molar-refractivity contribution in [2.75, 3.05) is 6.54 Å². The Kier molecular flexibility index (Phi) is 3.92. The van der Waals surface area contributed by atoms with Crippen molar-refractivity contribution >= 4 is 11.8 Å². The van der Waals surface area contributed by atoms with E-state index in [1.54, 1.807) is 0 Å². The monoisotopic (exact) mass is 198 g/mol. The maximum absolute atomic E-state index is 11.5. The minimum absolute atomic E-state index is 0.0626. The van der Waals surface area contributed by atoms with Crippen LogP contribution in [0.15, 0.2) is 0 Å². The van der Waals surface area contributed by atoms with Crippen LogP contribution in [-0.2, 0) is 9.59 Å². The van der Waals surface area contributed by atoms with Gasteiger partial charge in [-0.2, -0.15) is 0 Å². The second-order valence-electron chi connectivity index (χ2n) is 3.86. The quantitative estimate of drug-likeness (QED) is 0.690. The van der Waals surface area contributed by atoms with Gasteiger partial charge in [0, 0.05) is 24.9 Å². The molecule has 1 aliphatic rings. The van der Waals surface area contributed by atoms with Gasteiger partial charge in [0.25, 0.3) is 0 Å². The summed E-state index contributed by atoms with van der Waals surface area (Å²) in [5.41, 5.74) is 0. The zero-order valence-electron chi connectivity index (χ0n) is 8.80. The maximum atomic E-state index is 11.5. The van der Waals surface area contributed by atoms with Crippen molar-refractivity contribution in [3.63, 3.8) is 0 Å². The van der Waals surface area contributed by atoms with Crippen molar-refractivity contribution in [3.05, 3.63) is 0 Å². The van der Waals surface area contributed by atoms with Crippen LogP contribution in [0.4, 0.5) is 0 Å². The van der Waals surface area contributed by atoms with E-state index in [-0.39, 0.29) is 23.8 Å². The number of carbonyl (C=O) groups is 2. The molecule has 2 unspecified atom stereocenters. The van der Waals surface area contributed by atoms with Crippen molar-refractivity contribution < 1.29 is 9.59 Å². The molecule has 2 N–H and O–H groups in total. The van der Waals surface area contributed by atoms with E-state index in [1.807, 2.05) is 13.8 Å². The number of piperidine rings is 1. The molecular formula is C10H18N2O2. The van der Waals surface area contributed by atoms with E-state index in [9.17, 15) is 9.59 Å². The Bertz CT molecular complexity index is 218. The van der Waals surface area contributed by atoms with Crippen molar-refractivity contribution in [1.29, 1.82) is 0 Å². The first kappa shape index (κ1) is 11.0. The van der Waals surface area contributed by atoms with E-state index >= 15 is 0 Å². The van der Waals surface area contributed by atoms with Gasteiger partial charge >= 0.3 is 0 Å². The van der Waals surface area contributed by atoms with Gasteiger partial charge in [-0.3, -0.25) is 9.59 Å². The third-order valence-electron chi connectivity index (χ3n) is 2.67. The lowest BCUT2D eigenvalue weighted by Gasteiger charge is -2.24. The van der Waals surface area contributed by atoms with Gasteiger partial charge in [0.05, 0.1) is 0 Å². The highest BCUT2D eigenvalue weighted by molar-refractivity contribution is 5.80. The number of amides is 2. The second kappa shape index (κ2) is 4.98. The summed E-state index contributed by atoms with van der Waals surface area (Å²) < 4.78 is 0. The molecule has 1 rings (SSSR count). The lowest BCUT2D eigenvalue weighted by Crippen LogP contribution is -2.48. The molecule has 0 radical (unpaired) electrons. The lowest BCUT2D eigenvalue weighted by molar-refractivity contribution is -0.127. The molecule has 1 heterocycles. The van der Waals surface area contributed by atoms with Crippen LogP contribution in [0.3, 0.4) is 0 Å². The molecule has 4 heteroatoms. The highest BCUT2D eigenvalue weighted by Crippen LogP contribution is 2.05. The fourth-order valence-electron chi connectivity index (χ4n) is 1.38. The summed E-state index contributed by atoms with van der Waals surface area (Å²) in [5, 5.41) is 5.68. The molecule has 4 nitrogen and oxygen atoms in total. The molecule has 1 saturated heterocycles. The molecule has 0 bridgehead atoms. The Labute approximate surface area is 84.4 Å². The Morgan fingerprint density at radius 3 is 2.93 bits per heavy atom. The number of hydrogen-bond acceptors (Lipinski definition) is 2. The fraction of sp³-hybridized carbons (Fsp3) is 0.800. The van der Waals surface area contributed by atoms with Crippen molar-refractivity contribution in [2.45, 2.75) is 39.2 Å². The average molecular weight is 198 g/mol. The van der Waals surface area contributed by atoms with Crippen molar-refractivity contribution in [2.24, 2.45) is 5.92 Å². The summed E-state index contributed by atoms with van der Waals surface area (Å²) in [7, 11) is 0. The molecular weight excluding hydrogens is 180 g/mol. The molecule has 1 fully saturated rings.